The lowest BCUT2D eigenvalue weighted by atomic mass is 10.1. The Morgan fingerprint density at radius 1 is 1.09 bits per heavy atom. The van der Waals surface area contributed by atoms with Crippen molar-refractivity contribution in [3.63, 3.8) is 0 Å². The molecule has 1 saturated heterocycles. The average Bonchev–Trinajstić information content (AvgIpc) is 3.27. The second-order valence-electron chi connectivity index (χ2n) is 5.25. The van der Waals surface area contributed by atoms with Crippen LogP contribution in [0.1, 0.15) is 19.3 Å². The van der Waals surface area contributed by atoms with Gasteiger partial charge in [-0.1, -0.05) is 5.16 Å². The molecule has 6 nitrogen and oxygen atoms in total. The average molecular weight is 313 g/mol. The third-order valence-corrected chi connectivity index (χ3v) is 4.50. The zero-order valence-corrected chi connectivity index (χ0v) is 12.8. The third-order valence-electron chi connectivity index (χ3n) is 3.76. The van der Waals surface area contributed by atoms with Crippen LogP contribution in [0.2, 0.25) is 0 Å². The highest BCUT2D eigenvalue weighted by Gasteiger charge is 2.14. The minimum Gasteiger partial charge on any atom is -0.357 e. The molecule has 0 atom stereocenters. The van der Waals surface area contributed by atoms with Crippen LogP contribution in [0.15, 0.2) is 35.1 Å². The van der Waals surface area contributed by atoms with Crippen molar-refractivity contribution in [2.75, 3.05) is 18.0 Å². The van der Waals surface area contributed by atoms with Crippen LogP contribution in [0.4, 0.5) is 5.82 Å². The number of rotatable bonds is 3. The smallest absolute Gasteiger partial charge is 0.269 e. The summed E-state index contributed by atoms with van der Waals surface area (Å²) in [5.41, 5.74) is 0.861. The fourth-order valence-corrected chi connectivity index (χ4v) is 3.11. The molecule has 7 heteroatoms. The first-order valence-corrected chi connectivity index (χ1v) is 8.14. The van der Waals surface area contributed by atoms with Gasteiger partial charge in [0.05, 0.1) is 0 Å². The molecule has 1 aliphatic heterocycles. The van der Waals surface area contributed by atoms with Crippen LogP contribution in [0.25, 0.3) is 22.2 Å². The first kappa shape index (κ1) is 13.4. The summed E-state index contributed by atoms with van der Waals surface area (Å²) in [5.74, 6) is 2.08. The number of piperidine rings is 1. The van der Waals surface area contributed by atoms with E-state index in [0.29, 0.717) is 11.7 Å². The van der Waals surface area contributed by atoms with Crippen LogP contribution in [0.5, 0.6) is 0 Å². The molecule has 0 aromatic carbocycles. The normalized spacial score (nSPS) is 15.2. The molecule has 4 heterocycles. The van der Waals surface area contributed by atoms with E-state index in [-0.39, 0.29) is 0 Å². The minimum absolute atomic E-state index is 0.498. The van der Waals surface area contributed by atoms with Gasteiger partial charge in [-0.05, 0) is 49.0 Å². The highest BCUT2D eigenvalue weighted by molar-refractivity contribution is 7.09. The fourth-order valence-electron chi connectivity index (χ4n) is 2.60. The number of pyridine rings is 1. The largest absolute Gasteiger partial charge is 0.357 e. The van der Waals surface area contributed by atoms with Crippen molar-refractivity contribution in [3.8, 4) is 22.2 Å². The van der Waals surface area contributed by atoms with Crippen molar-refractivity contribution in [1.29, 1.82) is 0 Å². The molecule has 3 aromatic heterocycles. The van der Waals surface area contributed by atoms with Crippen molar-refractivity contribution in [1.82, 2.24) is 19.5 Å². The molecular formula is C15H15N5OS. The van der Waals surface area contributed by atoms with E-state index in [1.807, 2.05) is 24.4 Å². The zero-order chi connectivity index (χ0) is 14.8. The standard InChI is InChI=1S/C15H15N5OS/c1-2-8-20(9-3-1)13-5-4-11(10-16-13)14-18-15(21-19-14)12-6-7-17-22-12/h4-7,10H,1-3,8-9H2. The molecular weight excluding hydrogens is 298 g/mol. The Bertz CT molecular complexity index is 732. The summed E-state index contributed by atoms with van der Waals surface area (Å²) in [4.78, 5) is 12.1. The van der Waals surface area contributed by atoms with Gasteiger partial charge in [0, 0.05) is 31.0 Å². The number of hydrogen-bond acceptors (Lipinski definition) is 7. The van der Waals surface area contributed by atoms with Gasteiger partial charge < -0.3 is 9.42 Å². The summed E-state index contributed by atoms with van der Waals surface area (Å²) in [7, 11) is 0. The summed E-state index contributed by atoms with van der Waals surface area (Å²) >= 11 is 1.34. The molecule has 112 valence electrons. The monoisotopic (exact) mass is 313 g/mol. The van der Waals surface area contributed by atoms with Gasteiger partial charge in [-0.15, -0.1) is 0 Å². The number of anilines is 1. The summed E-state index contributed by atoms with van der Waals surface area (Å²) in [6.45, 7) is 2.17. The molecule has 3 aromatic rings. The maximum Gasteiger partial charge on any atom is 0.269 e. The van der Waals surface area contributed by atoms with E-state index in [9.17, 15) is 0 Å². The molecule has 0 unspecified atom stereocenters. The molecule has 0 radical (unpaired) electrons. The first-order chi connectivity index (χ1) is 10.9. The van der Waals surface area contributed by atoms with Gasteiger partial charge in [-0.25, -0.2) is 9.36 Å². The second-order valence-corrected chi connectivity index (χ2v) is 6.09. The number of nitrogens with zero attached hydrogens (tertiary/aromatic N) is 5. The summed E-state index contributed by atoms with van der Waals surface area (Å²) in [6, 6.07) is 5.89. The molecule has 4 rings (SSSR count). The van der Waals surface area contributed by atoms with Gasteiger partial charge in [0.15, 0.2) is 0 Å². The number of aromatic nitrogens is 4. The molecule has 0 spiro atoms. The van der Waals surface area contributed by atoms with E-state index >= 15 is 0 Å². The molecule has 0 N–H and O–H groups in total. The van der Waals surface area contributed by atoms with Crippen LogP contribution in [0, 0.1) is 0 Å². The Labute approximate surface area is 132 Å². The summed E-state index contributed by atoms with van der Waals surface area (Å²) in [5, 5.41) is 4.02. The van der Waals surface area contributed by atoms with E-state index < -0.39 is 0 Å². The van der Waals surface area contributed by atoms with Gasteiger partial charge >= 0.3 is 0 Å². The van der Waals surface area contributed by atoms with Gasteiger partial charge in [0.25, 0.3) is 5.89 Å². The van der Waals surface area contributed by atoms with E-state index in [1.165, 1.54) is 30.8 Å². The second kappa shape index (κ2) is 5.84. The third kappa shape index (κ3) is 2.59. The van der Waals surface area contributed by atoms with Crippen LogP contribution in [0.3, 0.4) is 0 Å². The van der Waals surface area contributed by atoms with Crippen molar-refractivity contribution in [2.24, 2.45) is 0 Å². The fraction of sp³-hybridized carbons (Fsp3) is 0.333. The predicted octanol–water partition coefficient (Wildman–Crippen LogP) is 3.25. The topological polar surface area (TPSA) is 67.9 Å². The molecule has 1 aliphatic rings. The van der Waals surface area contributed by atoms with E-state index in [2.05, 4.69) is 24.4 Å². The van der Waals surface area contributed by atoms with Gasteiger partial charge in [0.2, 0.25) is 5.82 Å². The first-order valence-electron chi connectivity index (χ1n) is 7.36. The predicted molar refractivity (Wildman–Crippen MR) is 84.7 cm³/mol. The Hall–Kier alpha value is -2.28. The van der Waals surface area contributed by atoms with Gasteiger partial charge in [0.1, 0.15) is 10.7 Å². The molecule has 22 heavy (non-hydrogen) atoms. The van der Waals surface area contributed by atoms with Crippen molar-refractivity contribution < 1.29 is 4.52 Å². The molecule has 1 fully saturated rings. The Kier molecular flexibility index (Phi) is 3.56. The SMILES string of the molecule is c1cc(-c2nc(-c3ccc(N4CCCCC4)nc3)no2)sn1. The Balaban J connectivity index is 1.55. The van der Waals surface area contributed by atoms with Crippen LogP contribution in [-0.2, 0) is 0 Å². The molecule has 0 aliphatic carbocycles. The lowest BCUT2D eigenvalue weighted by Crippen LogP contribution is -2.29. The van der Waals surface area contributed by atoms with Gasteiger partial charge in [-0.2, -0.15) is 4.98 Å². The summed E-state index contributed by atoms with van der Waals surface area (Å²) in [6.07, 6.45) is 7.33. The molecule has 0 bridgehead atoms. The lowest BCUT2D eigenvalue weighted by molar-refractivity contribution is 0.433. The van der Waals surface area contributed by atoms with Crippen molar-refractivity contribution >= 4 is 17.4 Å². The van der Waals surface area contributed by atoms with Crippen LogP contribution >= 0.6 is 11.5 Å². The Morgan fingerprint density at radius 2 is 2.00 bits per heavy atom. The van der Waals surface area contributed by atoms with Crippen molar-refractivity contribution in [2.45, 2.75) is 19.3 Å². The minimum atomic E-state index is 0.498. The van der Waals surface area contributed by atoms with E-state index in [0.717, 1.165) is 29.3 Å². The maximum absolute atomic E-state index is 5.28. The highest BCUT2D eigenvalue weighted by Crippen LogP contribution is 2.25. The highest BCUT2D eigenvalue weighted by atomic mass is 32.1. The quantitative estimate of drug-likeness (QED) is 0.739. The van der Waals surface area contributed by atoms with Crippen LogP contribution < -0.4 is 4.90 Å². The van der Waals surface area contributed by atoms with Gasteiger partial charge in [-0.3, -0.25) is 0 Å². The Morgan fingerprint density at radius 3 is 2.73 bits per heavy atom. The zero-order valence-electron chi connectivity index (χ0n) is 12.0. The van der Waals surface area contributed by atoms with E-state index in [4.69, 9.17) is 4.52 Å². The molecule has 0 amide bonds. The number of hydrogen-bond donors (Lipinski definition) is 0. The van der Waals surface area contributed by atoms with Crippen molar-refractivity contribution in [3.05, 3.63) is 30.6 Å². The summed E-state index contributed by atoms with van der Waals surface area (Å²) < 4.78 is 9.32. The van der Waals surface area contributed by atoms with Crippen LogP contribution in [-0.4, -0.2) is 32.6 Å². The maximum atomic E-state index is 5.28. The van der Waals surface area contributed by atoms with E-state index in [1.54, 1.807) is 6.20 Å². The molecule has 0 saturated carbocycles. The lowest BCUT2D eigenvalue weighted by Gasteiger charge is -2.27.